The molecule has 0 aromatic heterocycles. The predicted octanol–water partition coefficient (Wildman–Crippen LogP) is 4.19. The Morgan fingerprint density at radius 1 is 1.04 bits per heavy atom. The van der Waals surface area contributed by atoms with E-state index in [1.807, 2.05) is 30.3 Å². The molecule has 0 saturated heterocycles. The third-order valence-electron chi connectivity index (χ3n) is 3.81. The Morgan fingerprint density at radius 2 is 1.76 bits per heavy atom. The molecule has 0 N–H and O–H groups in total. The molecule has 131 valence electrons. The Morgan fingerprint density at radius 3 is 2.40 bits per heavy atom. The van der Waals surface area contributed by atoms with Gasteiger partial charge in [-0.3, -0.25) is 9.59 Å². The van der Waals surface area contributed by atoms with E-state index in [9.17, 15) is 9.59 Å². The number of unbranched alkanes of at least 4 members (excludes halogenated alkanes) is 2. The molecule has 4 heteroatoms. The van der Waals surface area contributed by atoms with Crippen molar-refractivity contribution in [3.05, 3.63) is 65.7 Å². The van der Waals surface area contributed by atoms with Gasteiger partial charge in [-0.1, -0.05) is 62.2 Å². The van der Waals surface area contributed by atoms with Crippen molar-refractivity contribution in [1.82, 2.24) is 0 Å². The minimum atomic E-state index is -1.04. The summed E-state index contributed by atoms with van der Waals surface area (Å²) in [6.45, 7) is 2.94. The number of esters is 1. The van der Waals surface area contributed by atoms with Crippen molar-refractivity contribution in [2.75, 3.05) is 6.61 Å². The molecule has 0 aliphatic heterocycles. The predicted molar refractivity (Wildman–Crippen MR) is 96.1 cm³/mol. The maximum atomic E-state index is 12.2. The van der Waals surface area contributed by atoms with Gasteiger partial charge in [0.15, 0.2) is 0 Å². The van der Waals surface area contributed by atoms with E-state index in [2.05, 4.69) is 6.92 Å². The Hall–Kier alpha value is -2.62. The summed E-state index contributed by atoms with van der Waals surface area (Å²) < 4.78 is 10.9. The molecule has 0 spiro atoms. The van der Waals surface area contributed by atoms with Gasteiger partial charge in [0.05, 0.1) is 6.61 Å². The second-order valence-corrected chi connectivity index (χ2v) is 5.77. The molecular weight excluding hydrogens is 316 g/mol. The highest BCUT2D eigenvalue weighted by molar-refractivity contribution is 5.94. The first-order chi connectivity index (χ1) is 12.2. The number of benzene rings is 2. The van der Waals surface area contributed by atoms with Crippen LogP contribution < -0.4 is 4.74 Å². The highest BCUT2D eigenvalue weighted by Gasteiger charge is 2.22. The van der Waals surface area contributed by atoms with Crippen LogP contribution in [0.15, 0.2) is 54.6 Å². The van der Waals surface area contributed by atoms with E-state index in [1.54, 1.807) is 30.6 Å². The number of carbonyl (C=O) groups is 1. The first-order valence-electron chi connectivity index (χ1n) is 8.55. The monoisotopic (exact) mass is 339 g/mol. The molecule has 0 fully saturated rings. The van der Waals surface area contributed by atoms with E-state index in [0.29, 0.717) is 12.2 Å². The molecule has 2 aromatic carbocycles. The van der Waals surface area contributed by atoms with Crippen molar-refractivity contribution < 1.29 is 19.1 Å². The molecule has 1 radical (unpaired) electrons. The molecule has 0 saturated carbocycles. The number of hydrogen-bond donors (Lipinski definition) is 0. The maximum absolute atomic E-state index is 12.2. The number of ether oxygens (including phenoxy) is 2. The highest BCUT2D eigenvalue weighted by atomic mass is 16.5. The standard InChI is InChI=1S/C21H23O4/c1-2-3-7-14-24-19-12-10-18(11-13-19)20(15-22)21(23)25-16-17-8-5-4-6-9-17/h4-6,8-13,20H,2-3,7,14,16H2,1H3. The van der Waals surface area contributed by atoms with Gasteiger partial charge >= 0.3 is 5.97 Å². The fourth-order valence-corrected chi connectivity index (χ4v) is 2.36. The Balaban J connectivity index is 1.90. The van der Waals surface area contributed by atoms with Crippen LogP contribution in [-0.2, 0) is 20.9 Å². The summed E-state index contributed by atoms with van der Waals surface area (Å²) in [6.07, 6.45) is 5.05. The summed E-state index contributed by atoms with van der Waals surface area (Å²) in [4.78, 5) is 23.4. The van der Waals surface area contributed by atoms with E-state index in [-0.39, 0.29) is 6.61 Å². The summed E-state index contributed by atoms with van der Waals surface area (Å²) >= 11 is 0. The lowest BCUT2D eigenvalue weighted by Crippen LogP contribution is -2.17. The second-order valence-electron chi connectivity index (χ2n) is 5.77. The molecule has 25 heavy (non-hydrogen) atoms. The summed E-state index contributed by atoms with van der Waals surface area (Å²) in [6, 6.07) is 16.3. The second kappa shape index (κ2) is 10.3. The van der Waals surface area contributed by atoms with E-state index in [0.717, 1.165) is 30.6 Å². The molecule has 1 atom stereocenters. The Bertz CT molecular complexity index is 649. The number of hydrogen-bond acceptors (Lipinski definition) is 4. The lowest BCUT2D eigenvalue weighted by molar-refractivity contribution is -0.145. The summed E-state index contributed by atoms with van der Waals surface area (Å²) in [7, 11) is 0. The van der Waals surface area contributed by atoms with E-state index >= 15 is 0 Å². The topological polar surface area (TPSA) is 52.6 Å². The summed E-state index contributed by atoms with van der Waals surface area (Å²) in [5, 5.41) is 0. The van der Waals surface area contributed by atoms with Crippen LogP contribution in [0.2, 0.25) is 0 Å². The average Bonchev–Trinajstić information content (AvgIpc) is 2.66. The van der Waals surface area contributed by atoms with Gasteiger partial charge in [-0.2, -0.15) is 0 Å². The van der Waals surface area contributed by atoms with Gasteiger partial charge in [0.1, 0.15) is 18.3 Å². The van der Waals surface area contributed by atoms with Crippen LogP contribution in [0.3, 0.4) is 0 Å². The minimum absolute atomic E-state index is 0.135. The molecule has 4 nitrogen and oxygen atoms in total. The molecular formula is C21H23O4. The number of rotatable bonds is 10. The maximum Gasteiger partial charge on any atom is 0.321 e. The van der Waals surface area contributed by atoms with Gasteiger partial charge in [-0.05, 0) is 29.7 Å². The van der Waals surface area contributed by atoms with Crippen molar-refractivity contribution >= 4 is 12.3 Å². The zero-order valence-corrected chi connectivity index (χ0v) is 14.4. The lowest BCUT2D eigenvalue weighted by atomic mass is 10.0. The SMILES string of the molecule is CCCCCOc1ccc(C([C]=O)C(=O)OCc2ccccc2)cc1. The van der Waals surface area contributed by atoms with Crippen LogP contribution in [0.25, 0.3) is 0 Å². The van der Waals surface area contributed by atoms with Crippen LogP contribution >= 0.6 is 0 Å². The quantitative estimate of drug-likeness (QED) is 0.370. The van der Waals surface area contributed by atoms with Gasteiger partial charge in [-0.25, -0.2) is 0 Å². The van der Waals surface area contributed by atoms with Crippen molar-refractivity contribution in [2.24, 2.45) is 0 Å². The van der Waals surface area contributed by atoms with Gasteiger partial charge in [0, 0.05) is 0 Å². The third kappa shape index (κ3) is 6.07. The van der Waals surface area contributed by atoms with Crippen molar-refractivity contribution in [3.8, 4) is 5.75 Å². The van der Waals surface area contributed by atoms with Crippen LogP contribution in [0.1, 0.15) is 43.2 Å². The molecule has 0 aliphatic carbocycles. The van der Waals surface area contributed by atoms with Crippen LogP contribution in [0.5, 0.6) is 5.75 Å². The van der Waals surface area contributed by atoms with Gasteiger partial charge < -0.3 is 9.47 Å². The van der Waals surface area contributed by atoms with Crippen LogP contribution in [0, 0.1) is 0 Å². The van der Waals surface area contributed by atoms with Crippen LogP contribution in [-0.4, -0.2) is 18.9 Å². The van der Waals surface area contributed by atoms with Crippen molar-refractivity contribution in [2.45, 2.75) is 38.7 Å². The van der Waals surface area contributed by atoms with E-state index in [4.69, 9.17) is 9.47 Å². The first-order valence-corrected chi connectivity index (χ1v) is 8.55. The molecule has 0 bridgehead atoms. The van der Waals surface area contributed by atoms with E-state index in [1.165, 1.54) is 0 Å². The highest BCUT2D eigenvalue weighted by Crippen LogP contribution is 2.20. The molecule has 0 amide bonds. The Kier molecular flexibility index (Phi) is 7.70. The Labute approximate surface area is 148 Å². The van der Waals surface area contributed by atoms with Crippen molar-refractivity contribution in [3.63, 3.8) is 0 Å². The van der Waals surface area contributed by atoms with Crippen LogP contribution in [0.4, 0.5) is 0 Å². The normalized spacial score (nSPS) is 11.6. The summed E-state index contributed by atoms with van der Waals surface area (Å²) in [5.74, 6) is -0.921. The van der Waals surface area contributed by atoms with Gasteiger partial charge in [-0.15, -0.1) is 0 Å². The fraction of sp³-hybridized carbons (Fsp3) is 0.333. The largest absolute Gasteiger partial charge is 0.494 e. The van der Waals surface area contributed by atoms with E-state index < -0.39 is 11.9 Å². The zero-order chi connectivity index (χ0) is 17.9. The average molecular weight is 339 g/mol. The van der Waals surface area contributed by atoms with Crippen molar-refractivity contribution in [1.29, 1.82) is 0 Å². The molecule has 1 unspecified atom stereocenters. The number of carbonyl (C=O) groups excluding carboxylic acids is 2. The zero-order valence-electron chi connectivity index (χ0n) is 14.4. The minimum Gasteiger partial charge on any atom is -0.494 e. The molecule has 2 aromatic rings. The smallest absolute Gasteiger partial charge is 0.321 e. The molecule has 0 heterocycles. The first kappa shape index (κ1) is 18.7. The molecule has 0 aliphatic rings. The van der Waals surface area contributed by atoms with Gasteiger partial charge in [0.2, 0.25) is 6.29 Å². The summed E-state index contributed by atoms with van der Waals surface area (Å²) in [5.41, 5.74) is 1.42. The lowest BCUT2D eigenvalue weighted by Gasteiger charge is -2.11. The molecule has 2 rings (SSSR count). The third-order valence-corrected chi connectivity index (χ3v) is 3.81. The fourth-order valence-electron chi connectivity index (χ4n) is 2.36. The van der Waals surface area contributed by atoms with Gasteiger partial charge in [0.25, 0.3) is 0 Å².